The molecule has 2 amide bonds. The summed E-state index contributed by atoms with van der Waals surface area (Å²) in [6.45, 7) is 2.08. The molecule has 2 rings (SSSR count). The Morgan fingerprint density at radius 1 is 1.25 bits per heavy atom. The highest BCUT2D eigenvalue weighted by Gasteiger charge is 2.30. The molecule has 2 unspecified atom stereocenters. The second-order valence-corrected chi connectivity index (χ2v) is 5.19. The Kier molecular flexibility index (Phi) is 4.61. The third-order valence-corrected chi connectivity index (χ3v) is 3.74. The van der Waals surface area contributed by atoms with E-state index in [9.17, 15) is 9.59 Å². The smallest absolute Gasteiger partial charge is 0.319 e. The van der Waals surface area contributed by atoms with E-state index in [1.54, 1.807) is 0 Å². The number of nitrogens with one attached hydrogen (secondary N) is 2. The van der Waals surface area contributed by atoms with E-state index in [1.807, 2.05) is 24.3 Å². The highest BCUT2D eigenvalue weighted by molar-refractivity contribution is 5.89. The summed E-state index contributed by atoms with van der Waals surface area (Å²) in [5.41, 5.74) is 1.96. The Balaban J connectivity index is 1.82. The SMILES string of the molecule is CCc1ccc(NC(=O)NC2CCC(C(=O)O)C2)cc1. The van der Waals surface area contributed by atoms with Crippen molar-refractivity contribution in [3.8, 4) is 0 Å². The van der Waals surface area contributed by atoms with Crippen molar-refractivity contribution < 1.29 is 14.7 Å². The lowest BCUT2D eigenvalue weighted by molar-refractivity contribution is -0.141. The van der Waals surface area contributed by atoms with Crippen LogP contribution >= 0.6 is 0 Å². The summed E-state index contributed by atoms with van der Waals surface area (Å²) in [7, 11) is 0. The minimum Gasteiger partial charge on any atom is -0.481 e. The Morgan fingerprint density at radius 2 is 1.95 bits per heavy atom. The van der Waals surface area contributed by atoms with Crippen molar-refractivity contribution in [3.63, 3.8) is 0 Å². The maximum atomic E-state index is 11.8. The van der Waals surface area contributed by atoms with Gasteiger partial charge in [-0.25, -0.2) is 4.79 Å². The van der Waals surface area contributed by atoms with Gasteiger partial charge in [0.15, 0.2) is 0 Å². The molecule has 1 aliphatic rings. The number of carboxylic acids is 1. The summed E-state index contributed by atoms with van der Waals surface area (Å²) < 4.78 is 0. The van der Waals surface area contributed by atoms with E-state index in [0.29, 0.717) is 12.8 Å². The van der Waals surface area contributed by atoms with Gasteiger partial charge in [-0.1, -0.05) is 19.1 Å². The molecule has 0 aromatic heterocycles. The standard InChI is InChI=1S/C15H20N2O3/c1-2-10-3-6-12(7-4-10)16-15(20)17-13-8-5-11(9-13)14(18)19/h3-4,6-7,11,13H,2,5,8-9H2,1H3,(H,18,19)(H2,16,17,20). The summed E-state index contributed by atoms with van der Waals surface area (Å²) in [5.74, 6) is -1.10. The van der Waals surface area contributed by atoms with Gasteiger partial charge in [0, 0.05) is 11.7 Å². The lowest BCUT2D eigenvalue weighted by Gasteiger charge is -2.13. The first-order chi connectivity index (χ1) is 9.58. The van der Waals surface area contributed by atoms with Gasteiger partial charge >= 0.3 is 12.0 Å². The fourth-order valence-electron chi connectivity index (χ4n) is 2.51. The topological polar surface area (TPSA) is 78.4 Å². The normalized spacial score (nSPS) is 21.4. The average molecular weight is 276 g/mol. The van der Waals surface area contributed by atoms with E-state index >= 15 is 0 Å². The van der Waals surface area contributed by atoms with E-state index in [4.69, 9.17) is 5.11 Å². The van der Waals surface area contributed by atoms with Gasteiger partial charge in [0.1, 0.15) is 0 Å². The molecule has 0 aliphatic heterocycles. The molecule has 1 aliphatic carbocycles. The molecule has 1 aromatic rings. The van der Waals surface area contributed by atoms with Gasteiger partial charge < -0.3 is 15.7 Å². The van der Waals surface area contributed by atoms with Crippen LogP contribution in [-0.4, -0.2) is 23.1 Å². The van der Waals surface area contributed by atoms with E-state index in [2.05, 4.69) is 17.6 Å². The maximum Gasteiger partial charge on any atom is 0.319 e. The zero-order valence-electron chi connectivity index (χ0n) is 11.6. The van der Waals surface area contributed by atoms with Crippen LogP contribution in [0.4, 0.5) is 10.5 Å². The highest BCUT2D eigenvalue weighted by atomic mass is 16.4. The molecule has 20 heavy (non-hydrogen) atoms. The molecular formula is C15H20N2O3. The van der Waals surface area contributed by atoms with Crippen LogP contribution in [0.1, 0.15) is 31.7 Å². The first-order valence-electron chi connectivity index (χ1n) is 6.97. The van der Waals surface area contributed by atoms with Crippen molar-refractivity contribution in [2.75, 3.05) is 5.32 Å². The van der Waals surface area contributed by atoms with Gasteiger partial charge in [0.25, 0.3) is 0 Å². The molecule has 5 nitrogen and oxygen atoms in total. The van der Waals surface area contributed by atoms with Crippen LogP contribution in [0.5, 0.6) is 0 Å². The highest BCUT2D eigenvalue weighted by Crippen LogP contribution is 2.25. The first kappa shape index (κ1) is 14.4. The molecule has 1 saturated carbocycles. The summed E-state index contributed by atoms with van der Waals surface area (Å²) >= 11 is 0. The number of hydrogen-bond acceptors (Lipinski definition) is 2. The molecule has 0 bridgehead atoms. The van der Waals surface area contributed by atoms with Crippen molar-refractivity contribution in [3.05, 3.63) is 29.8 Å². The predicted octanol–water partition coefficient (Wildman–Crippen LogP) is 2.62. The molecule has 2 atom stereocenters. The summed E-state index contributed by atoms with van der Waals surface area (Å²) in [5, 5.41) is 14.5. The molecule has 5 heteroatoms. The quantitative estimate of drug-likeness (QED) is 0.791. The van der Waals surface area contributed by atoms with Gasteiger partial charge in [-0.2, -0.15) is 0 Å². The number of carbonyl (C=O) groups excluding carboxylic acids is 1. The number of rotatable bonds is 4. The van der Waals surface area contributed by atoms with Crippen molar-refractivity contribution >= 4 is 17.7 Å². The number of amides is 2. The zero-order chi connectivity index (χ0) is 14.5. The van der Waals surface area contributed by atoms with Crippen LogP contribution in [-0.2, 0) is 11.2 Å². The van der Waals surface area contributed by atoms with Crippen LogP contribution in [0, 0.1) is 5.92 Å². The second kappa shape index (κ2) is 6.41. The van der Waals surface area contributed by atoms with Crippen LogP contribution in [0.2, 0.25) is 0 Å². The van der Waals surface area contributed by atoms with E-state index in [-0.39, 0.29) is 18.0 Å². The molecular weight excluding hydrogens is 256 g/mol. The van der Waals surface area contributed by atoms with Crippen LogP contribution < -0.4 is 10.6 Å². The first-order valence-corrected chi connectivity index (χ1v) is 6.97. The van der Waals surface area contributed by atoms with Crippen molar-refractivity contribution in [1.82, 2.24) is 5.32 Å². The van der Waals surface area contributed by atoms with Crippen molar-refractivity contribution in [2.24, 2.45) is 5.92 Å². The lowest BCUT2D eigenvalue weighted by atomic mass is 10.1. The Labute approximate surface area is 118 Å². The number of aryl methyl sites for hydroxylation is 1. The van der Waals surface area contributed by atoms with Gasteiger partial charge in [0.05, 0.1) is 5.92 Å². The minimum absolute atomic E-state index is 0.0500. The summed E-state index contributed by atoms with van der Waals surface area (Å²) in [4.78, 5) is 22.7. The number of aliphatic carboxylic acids is 1. The Morgan fingerprint density at radius 3 is 2.50 bits per heavy atom. The maximum absolute atomic E-state index is 11.8. The summed E-state index contributed by atoms with van der Waals surface area (Å²) in [6.07, 6.45) is 2.83. The molecule has 108 valence electrons. The zero-order valence-corrected chi connectivity index (χ0v) is 11.6. The number of carboxylic acid groups (broad SMARTS) is 1. The molecule has 1 fully saturated rings. The van der Waals surface area contributed by atoms with Crippen molar-refractivity contribution in [2.45, 2.75) is 38.6 Å². The Hall–Kier alpha value is -2.04. The monoisotopic (exact) mass is 276 g/mol. The number of urea groups is 1. The summed E-state index contributed by atoms with van der Waals surface area (Å²) in [6, 6.07) is 7.37. The van der Waals surface area contributed by atoms with Gasteiger partial charge in [-0.15, -0.1) is 0 Å². The molecule has 0 spiro atoms. The third-order valence-electron chi connectivity index (χ3n) is 3.74. The number of anilines is 1. The van der Waals surface area contributed by atoms with Gasteiger partial charge in [-0.3, -0.25) is 4.79 Å². The van der Waals surface area contributed by atoms with Gasteiger partial charge in [-0.05, 0) is 43.4 Å². The van der Waals surface area contributed by atoms with Crippen LogP contribution in [0.3, 0.4) is 0 Å². The second-order valence-electron chi connectivity index (χ2n) is 5.19. The molecule has 0 heterocycles. The Bertz CT molecular complexity index is 484. The van der Waals surface area contributed by atoms with Crippen LogP contribution in [0.25, 0.3) is 0 Å². The number of carbonyl (C=O) groups is 2. The van der Waals surface area contributed by atoms with E-state index in [1.165, 1.54) is 5.56 Å². The van der Waals surface area contributed by atoms with E-state index < -0.39 is 5.97 Å². The van der Waals surface area contributed by atoms with Crippen LogP contribution in [0.15, 0.2) is 24.3 Å². The number of hydrogen-bond donors (Lipinski definition) is 3. The largest absolute Gasteiger partial charge is 0.481 e. The van der Waals surface area contributed by atoms with E-state index in [0.717, 1.165) is 18.5 Å². The van der Waals surface area contributed by atoms with Crippen molar-refractivity contribution in [1.29, 1.82) is 0 Å². The molecule has 1 aromatic carbocycles. The fourth-order valence-corrected chi connectivity index (χ4v) is 2.51. The molecule has 0 radical (unpaired) electrons. The van der Waals surface area contributed by atoms with Gasteiger partial charge in [0.2, 0.25) is 0 Å². The molecule has 0 saturated heterocycles. The predicted molar refractivity (Wildman–Crippen MR) is 76.7 cm³/mol. The fraction of sp³-hybridized carbons (Fsp3) is 0.467. The number of benzene rings is 1. The molecule has 3 N–H and O–H groups in total. The third kappa shape index (κ3) is 3.73. The average Bonchev–Trinajstić information content (AvgIpc) is 2.88. The minimum atomic E-state index is -0.773. The lowest BCUT2D eigenvalue weighted by Crippen LogP contribution is -2.36.